The number of furan rings is 1. The average molecular weight is 249 g/mol. The van der Waals surface area contributed by atoms with Crippen molar-refractivity contribution < 1.29 is 9.15 Å². The van der Waals surface area contributed by atoms with Crippen LogP contribution in [-0.2, 0) is 11.3 Å². The first-order chi connectivity index (χ1) is 8.93. The molecule has 0 unspecified atom stereocenters. The SMILES string of the molecule is c1coc(COCCCNC(C2CC2)C2CC2)c1. The van der Waals surface area contributed by atoms with E-state index in [-0.39, 0.29) is 0 Å². The van der Waals surface area contributed by atoms with Crippen molar-refractivity contribution in [3.63, 3.8) is 0 Å². The molecule has 18 heavy (non-hydrogen) atoms. The normalized spacial score (nSPS) is 19.6. The lowest BCUT2D eigenvalue weighted by Crippen LogP contribution is -2.34. The molecule has 1 aromatic heterocycles. The number of rotatable bonds is 9. The summed E-state index contributed by atoms with van der Waals surface area (Å²) in [6.07, 6.45) is 8.57. The molecule has 2 aliphatic carbocycles. The van der Waals surface area contributed by atoms with E-state index >= 15 is 0 Å². The fourth-order valence-electron chi connectivity index (χ4n) is 2.64. The van der Waals surface area contributed by atoms with Crippen LogP contribution >= 0.6 is 0 Å². The van der Waals surface area contributed by atoms with Gasteiger partial charge >= 0.3 is 0 Å². The molecule has 0 amide bonds. The van der Waals surface area contributed by atoms with Gasteiger partial charge in [0.1, 0.15) is 12.4 Å². The minimum Gasteiger partial charge on any atom is -0.467 e. The zero-order valence-corrected chi connectivity index (χ0v) is 10.9. The molecule has 0 radical (unpaired) electrons. The molecule has 1 aromatic rings. The van der Waals surface area contributed by atoms with Gasteiger partial charge in [-0.05, 0) is 62.6 Å². The van der Waals surface area contributed by atoms with Crippen LogP contribution in [0.3, 0.4) is 0 Å². The Labute approximate surface area is 109 Å². The van der Waals surface area contributed by atoms with Gasteiger partial charge in [0.15, 0.2) is 0 Å². The number of nitrogens with one attached hydrogen (secondary N) is 1. The Morgan fingerprint density at radius 1 is 1.28 bits per heavy atom. The van der Waals surface area contributed by atoms with Crippen molar-refractivity contribution >= 4 is 0 Å². The Balaban J connectivity index is 1.24. The van der Waals surface area contributed by atoms with Crippen LogP contribution in [0.15, 0.2) is 22.8 Å². The van der Waals surface area contributed by atoms with Crippen LogP contribution in [0.2, 0.25) is 0 Å². The molecule has 3 rings (SSSR count). The third-order valence-corrected chi connectivity index (χ3v) is 3.93. The van der Waals surface area contributed by atoms with Crippen molar-refractivity contribution in [1.82, 2.24) is 5.32 Å². The van der Waals surface area contributed by atoms with E-state index in [2.05, 4.69) is 5.32 Å². The lowest BCUT2D eigenvalue weighted by atomic mass is 10.1. The molecule has 0 spiro atoms. The minimum atomic E-state index is 0.599. The first-order valence-electron chi connectivity index (χ1n) is 7.27. The fourth-order valence-corrected chi connectivity index (χ4v) is 2.64. The van der Waals surface area contributed by atoms with E-state index < -0.39 is 0 Å². The van der Waals surface area contributed by atoms with Gasteiger partial charge in [0.25, 0.3) is 0 Å². The predicted octanol–water partition coefficient (Wildman–Crippen LogP) is 2.96. The second-order valence-corrected chi connectivity index (χ2v) is 5.64. The van der Waals surface area contributed by atoms with Crippen LogP contribution < -0.4 is 5.32 Å². The van der Waals surface area contributed by atoms with Crippen molar-refractivity contribution in [1.29, 1.82) is 0 Å². The monoisotopic (exact) mass is 249 g/mol. The third-order valence-electron chi connectivity index (χ3n) is 3.93. The second kappa shape index (κ2) is 5.89. The zero-order chi connectivity index (χ0) is 12.2. The molecule has 2 fully saturated rings. The Kier molecular flexibility index (Phi) is 4.01. The van der Waals surface area contributed by atoms with E-state index in [9.17, 15) is 0 Å². The number of hydrogen-bond donors (Lipinski definition) is 1. The first-order valence-corrected chi connectivity index (χ1v) is 7.27. The zero-order valence-electron chi connectivity index (χ0n) is 10.9. The van der Waals surface area contributed by atoms with Crippen molar-refractivity contribution in [3.8, 4) is 0 Å². The Morgan fingerprint density at radius 3 is 2.67 bits per heavy atom. The molecule has 0 bridgehead atoms. The van der Waals surface area contributed by atoms with Crippen molar-refractivity contribution in [2.24, 2.45) is 11.8 Å². The van der Waals surface area contributed by atoms with Gasteiger partial charge in [-0.15, -0.1) is 0 Å². The summed E-state index contributed by atoms with van der Waals surface area (Å²) in [5.41, 5.74) is 0. The maximum Gasteiger partial charge on any atom is 0.129 e. The van der Waals surface area contributed by atoms with Crippen LogP contribution in [0.4, 0.5) is 0 Å². The van der Waals surface area contributed by atoms with E-state index in [4.69, 9.17) is 9.15 Å². The van der Waals surface area contributed by atoms with E-state index in [1.807, 2.05) is 12.1 Å². The van der Waals surface area contributed by atoms with E-state index in [0.717, 1.165) is 43.2 Å². The highest BCUT2D eigenvalue weighted by Crippen LogP contribution is 2.44. The van der Waals surface area contributed by atoms with E-state index in [0.29, 0.717) is 6.61 Å². The molecule has 3 nitrogen and oxygen atoms in total. The Bertz CT molecular complexity index is 329. The number of hydrogen-bond acceptors (Lipinski definition) is 3. The third kappa shape index (κ3) is 3.59. The van der Waals surface area contributed by atoms with E-state index in [1.54, 1.807) is 6.26 Å². The van der Waals surface area contributed by atoms with Gasteiger partial charge in [0, 0.05) is 12.6 Å². The summed E-state index contributed by atoms with van der Waals surface area (Å²) in [6, 6.07) is 4.67. The molecular formula is C15H23NO2. The molecule has 1 heterocycles. The molecule has 3 heteroatoms. The Hall–Kier alpha value is -0.800. The summed E-state index contributed by atoms with van der Waals surface area (Å²) in [7, 11) is 0. The molecule has 0 aromatic carbocycles. The highest BCUT2D eigenvalue weighted by molar-refractivity contribution is 4.96. The van der Waals surface area contributed by atoms with Gasteiger partial charge in [-0.3, -0.25) is 0 Å². The topological polar surface area (TPSA) is 34.4 Å². The van der Waals surface area contributed by atoms with Gasteiger partial charge in [-0.2, -0.15) is 0 Å². The smallest absolute Gasteiger partial charge is 0.129 e. The van der Waals surface area contributed by atoms with Crippen molar-refractivity contribution in [2.45, 2.75) is 44.8 Å². The highest BCUT2D eigenvalue weighted by Gasteiger charge is 2.40. The summed E-state index contributed by atoms with van der Waals surface area (Å²) in [4.78, 5) is 0. The average Bonchev–Trinajstić information content (AvgIpc) is 3.30. The van der Waals surface area contributed by atoms with Crippen molar-refractivity contribution in [3.05, 3.63) is 24.2 Å². The van der Waals surface area contributed by atoms with Gasteiger partial charge in [0.05, 0.1) is 6.26 Å². The van der Waals surface area contributed by atoms with Crippen LogP contribution in [0.5, 0.6) is 0 Å². The van der Waals surface area contributed by atoms with Gasteiger partial charge < -0.3 is 14.5 Å². The number of ether oxygens (including phenoxy) is 1. The molecule has 2 saturated carbocycles. The summed E-state index contributed by atoms with van der Waals surface area (Å²) >= 11 is 0. The van der Waals surface area contributed by atoms with E-state index in [1.165, 1.54) is 25.7 Å². The highest BCUT2D eigenvalue weighted by atomic mass is 16.5. The first kappa shape index (κ1) is 12.2. The summed E-state index contributed by atoms with van der Waals surface area (Å²) in [5, 5.41) is 3.73. The van der Waals surface area contributed by atoms with Crippen molar-refractivity contribution in [2.75, 3.05) is 13.2 Å². The summed E-state index contributed by atoms with van der Waals surface area (Å²) < 4.78 is 10.8. The maximum atomic E-state index is 5.58. The maximum absolute atomic E-state index is 5.58. The molecule has 0 aliphatic heterocycles. The lowest BCUT2D eigenvalue weighted by molar-refractivity contribution is 0.103. The van der Waals surface area contributed by atoms with Crippen LogP contribution in [0, 0.1) is 11.8 Å². The predicted molar refractivity (Wildman–Crippen MR) is 70.2 cm³/mol. The quantitative estimate of drug-likeness (QED) is 0.683. The fraction of sp³-hybridized carbons (Fsp3) is 0.733. The van der Waals surface area contributed by atoms with Gasteiger partial charge in [-0.1, -0.05) is 0 Å². The molecular weight excluding hydrogens is 226 g/mol. The summed E-state index contributed by atoms with van der Waals surface area (Å²) in [5.74, 6) is 2.89. The Morgan fingerprint density at radius 2 is 2.06 bits per heavy atom. The molecule has 100 valence electrons. The lowest BCUT2D eigenvalue weighted by Gasteiger charge is -2.17. The van der Waals surface area contributed by atoms with Crippen LogP contribution in [-0.4, -0.2) is 19.2 Å². The molecule has 1 N–H and O–H groups in total. The molecule has 2 aliphatic rings. The van der Waals surface area contributed by atoms with Gasteiger partial charge in [-0.25, -0.2) is 0 Å². The largest absolute Gasteiger partial charge is 0.467 e. The second-order valence-electron chi connectivity index (χ2n) is 5.64. The van der Waals surface area contributed by atoms with Gasteiger partial charge in [0.2, 0.25) is 0 Å². The van der Waals surface area contributed by atoms with Crippen LogP contribution in [0.25, 0.3) is 0 Å². The standard InChI is InChI=1S/C15H23NO2/c1-3-14(18-10-1)11-17-9-2-8-16-15(12-4-5-12)13-6-7-13/h1,3,10,12-13,15-16H,2,4-9,11H2. The van der Waals surface area contributed by atoms with Crippen LogP contribution in [0.1, 0.15) is 37.9 Å². The summed E-state index contributed by atoms with van der Waals surface area (Å²) in [6.45, 7) is 2.51. The molecule has 0 atom stereocenters. The minimum absolute atomic E-state index is 0.599. The molecule has 0 saturated heterocycles.